The second kappa shape index (κ2) is 8.88. The highest BCUT2D eigenvalue weighted by atomic mass is 19.3. The first-order valence-electron chi connectivity index (χ1n) is 11.8. The van der Waals surface area contributed by atoms with E-state index in [2.05, 4.69) is 25.0 Å². The molecule has 6 rings (SSSR count). The van der Waals surface area contributed by atoms with Crippen LogP contribution in [0.4, 0.5) is 17.6 Å². The van der Waals surface area contributed by atoms with Crippen LogP contribution in [0.2, 0.25) is 0 Å². The van der Waals surface area contributed by atoms with E-state index in [1.165, 1.54) is 13.0 Å². The van der Waals surface area contributed by atoms with Gasteiger partial charge in [0.2, 0.25) is 0 Å². The highest BCUT2D eigenvalue weighted by Crippen LogP contribution is 2.40. The highest BCUT2D eigenvalue weighted by Gasteiger charge is 2.31. The Kier molecular flexibility index (Phi) is 5.66. The Bertz CT molecular complexity index is 1450. The topological polar surface area (TPSA) is 78.6 Å². The van der Waals surface area contributed by atoms with Crippen LogP contribution in [-0.4, -0.2) is 36.3 Å². The molecule has 0 N–H and O–H groups in total. The van der Waals surface area contributed by atoms with E-state index >= 15 is 0 Å². The molecule has 0 amide bonds. The maximum atomic E-state index is 14.8. The summed E-state index contributed by atoms with van der Waals surface area (Å²) < 4.78 is 63.5. The number of nitrogens with zero attached hydrogens (tertiary/aromatic N) is 6. The van der Waals surface area contributed by atoms with Gasteiger partial charge in [-0.05, 0) is 44.7 Å². The fourth-order valence-corrected chi connectivity index (χ4v) is 4.64. The Labute approximate surface area is 203 Å². The number of alkyl halides is 2. The first-order valence-corrected chi connectivity index (χ1v) is 11.8. The van der Waals surface area contributed by atoms with Crippen LogP contribution in [0.1, 0.15) is 72.9 Å². The molecule has 0 spiro atoms. The van der Waals surface area contributed by atoms with Gasteiger partial charge in [0.15, 0.2) is 5.65 Å². The van der Waals surface area contributed by atoms with Crippen molar-refractivity contribution < 1.29 is 22.3 Å². The summed E-state index contributed by atoms with van der Waals surface area (Å²) in [7, 11) is 0. The van der Waals surface area contributed by atoms with Crippen molar-refractivity contribution in [3.8, 4) is 11.3 Å². The maximum Gasteiger partial charge on any atom is 0.282 e. The summed E-state index contributed by atoms with van der Waals surface area (Å²) in [5.41, 5.74) is 0.454. The molecule has 186 valence electrons. The fourth-order valence-electron chi connectivity index (χ4n) is 4.64. The maximum absolute atomic E-state index is 14.8. The Balaban J connectivity index is 1.43. The van der Waals surface area contributed by atoms with E-state index in [9.17, 15) is 17.6 Å². The molecule has 1 aliphatic carbocycles. The van der Waals surface area contributed by atoms with Gasteiger partial charge in [0.1, 0.15) is 34.4 Å². The molecule has 36 heavy (non-hydrogen) atoms. The van der Waals surface area contributed by atoms with Crippen LogP contribution in [0.5, 0.6) is 0 Å². The Hall–Kier alpha value is -3.47. The molecule has 0 unspecified atom stereocenters. The minimum atomic E-state index is -2.87. The number of hydrogen-bond acceptors (Lipinski definition) is 6. The normalized spacial score (nSPS) is 20.4. The lowest BCUT2D eigenvalue weighted by Gasteiger charge is -2.28. The molecule has 2 aliphatic rings. The third-order valence-electron chi connectivity index (χ3n) is 6.72. The number of aromatic nitrogens is 6. The molecule has 4 heterocycles. The van der Waals surface area contributed by atoms with E-state index in [4.69, 9.17) is 4.74 Å². The van der Waals surface area contributed by atoms with Gasteiger partial charge in [-0.1, -0.05) is 0 Å². The second-order valence-corrected chi connectivity index (χ2v) is 9.29. The lowest BCUT2D eigenvalue weighted by atomic mass is 9.92. The van der Waals surface area contributed by atoms with E-state index in [0.717, 1.165) is 30.5 Å². The lowest BCUT2D eigenvalue weighted by molar-refractivity contribution is 0.00396. The first-order chi connectivity index (χ1) is 17.4. The zero-order valence-electron chi connectivity index (χ0n) is 19.3. The summed E-state index contributed by atoms with van der Waals surface area (Å²) in [5, 5.41) is 4.45. The third kappa shape index (κ3) is 4.21. The van der Waals surface area contributed by atoms with E-state index in [1.54, 1.807) is 0 Å². The molecule has 11 heteroatoms. The van der Waals surface area contributed by atoms with Crippen molar-refractivity contribution in [1.82, 2.24) is 29.7 Å². The number of aryl methyl sites for hydroxylation is 1. The fraction of sp³-hybridized carbons (Fsp3) is 0.400. The summed E-state index contributed by atoms with van der Waals surface area (Å²) >= 11 is 0. The van der Waals surface area contributed by atoms with Crippen LogP contribution in [-0.2, 0) is 4.74 Å². The SMILES string of the molecule is Cc1nc2nc([C@@H]3CCO[C@@H](c4cnn(C5CC5)c4)C3)nc(-c3ccc(F)cc3F)c2nc1C(F)F. The zero-order chi connectivity index (χ0) is 25.0. The monoisotopic (exact) mass is 498 g/mol. The van der Waals surface area contributed by atoms with Crippen molar-refractivity contribution in [2.24, 2.45) is 0 Å². The summed E-state index contributed by atoms with van der Waals surface area (Å²) in [4.78, 5) is 17.5. The van der Waals surface area contributed by atoms with Gasteiger partial charge < -0.3 is 4.74 Å². The van der Waals surface area contributed by atoms with Crippen LogP contribution in [0.3, 0.4) is 0 Å². The lowest BCUT2D eigenvalue weighted by Crippen LogP contribution is -2.20. The van der Waals surface area contributed by atoms with Gasteiger partial charge in [-0.2, -0.15) is 5.10 Å². The van der Waals surface area contributed by atoms with Crippen molar-refractivity contribution in [3.05, 3.63) is 65.0 Å². The largest absolute Gasteiger partial charge is 0.373 e. The van der Waals surface area contributed by atoms with E-state index < -0.39 is 23.8 Å². The molecule has 2 fully saturated rings. The Morgan fingerprint density at radius 3 is 2.64 bits per heavy atom. The van der Waals surface area contributed by atoms with Crippen LogP contribution in [0.15, 0.2) is 30.6 Å². The van der Waals surface area contributed by atoms with Crippen molar-refractivity contribution in [1.29, 1.82) is 0 Å². The van der Waals surface area contributed by atoms with E-state index in [-0.39, 0.29) is 40.1 Å². The minimum Gasteiger partial charge on any atom is -0.373 e. The molecule has 1 saturated carbocycles. The average Bonchev–Trinajstić information content (AvgIpc) is 3.59. The number of ether oxygens (including phenoxy) is 1. The average molecular weight is 498 g/mol. The van der Waals surface area contributed by atoms with Gasteiger partial charge >= 0.3 is 0 Å². The highest BCUT2D eigenvalue weighted by molar-refractivity contribution is 5.87. The first kappa shape index (κ1) is 23.0. The quantitative estimate of drug-likeness (QED) is 0.325. The van der Waals surface area contributed by atoms with Crippen LogP contribution in [0, 0.1) is 18.6 Å². The van der Waals surface area contributed by atoms with Crippen molar-refractivity contribution >= 4 is 11.2 Å². The number of halogens is 4. The van der Waals surface area contributed by atoms with E-state index in [0.29, 0.717) is 31.3 Å². The molecule has 2 atom stereocenters. The molecule has 1 aliphatic heterocycles. The molecular weight excluding hydrogens is 476 g/mol. The third-order valence-corrected chi connectivity index (χ3v) is 6.72. The van der Waals surface area contributed by atoms with Gasteiger partial charge in [0.05, 0.1) is 24.0 Å². The summed E-state index contributed by atoms with van der Waals surface area (Å²) in [6.07, 6.45) is 4.16. The Morgan fingerprint density at radius 1 is 1.06 bits per heavy atom. The number of rotatable bonds is 5. The predicted molar refractivity (Wildman–Crippen MR) is 121 cm³/mol. The number of benzene rings is 1. The smallest absolute Gasteiger partial charge is 0.282 e. The molecule has 1 aromatic carbocycles. The summed E-state index contributed by atoms with van der Waals surface area (Å²) in [6, 6.07) is 3.48. The van der Waals surface area contributed by atoms with Crippen molar-refractivity contribution in [3.63, 3.8) is 0 Å². The van der Waals surface area contributed by atoms with Gasteiger partial charge in [0.25, 0.3) is 6.43 Å². The standard InChI is InChI=1S/C25H22F4N6O/c1-12-20(23(28)29)32-22-21(17-5-2-15(26)9-18(17)27)33-24(34-25(22)31-12)13-6-7-36-19(8-13)14-10-30-35(11-14)16-3-4-16/h2,5,9-11,13,16,19,23H,3-4,6-8H2,1H3/t13-,19-/m1/s1. The van der Waals surface area contributed by atoms with Gasteiger partial charge in [-0.3, -0.25) is 4.68 Å². The van der Waals surface area contributed by atoms with E-state index in [1.807, 2.05) is 17.1 Å². The summed E-state index contributed by atoms with van der Waals surface area (Å²) in [5.74, 6) is -1.40. The van der Waals surface area contributed by atoms with Gasteiger partial charge in [-0.25, -0.2) is 37.5 Å². The molecule has 1 saturated heterocycles. The van der Waals surface area contributed by atoms with Gasteiger partial charge in [0, 0.05) is 35.9 Å². The molecule has 0 bridgehead atoms. The summed E-state index contributed by atoms with van der Waals surface area (Å²) in [6.45, 7) is 1.89. The molecule has 7 nitrogen and oxygen atoms in total. The number of hydrogen-bond donors (Lipinski definition) is 0. The molecule has 4 aromatic rings. The molecule has 0 radical (unpaired) electrons. The van der Waals surface area contributed by atoms with Crippen LogP contribution < -0.4 is 0 Å². The van der Waals surface area contributed by atoms with Crippen molar-refractivity contribution in [2.75, 3.05) is 6.61 Å². The molecular formula is C25H22F4N6O. The Morgan fingerprint density at radius 2 is 1.89 bits per heavy atom. The van der Waals surface area contributed by atoms with Crippen LogP contribution in [0.25, 0.3) is 22.4 Å². The molecule has 3 aromatic heterocycles. The second-order valence-electron chi connectivity index (χ2n) is 9.29. The predicted octanol–water partition coefficient (Wildman–Crippen LogP) is 5.78. The van der Waals surface area contributed by atoms with Gasteiger partial charge in [-0.15, -0.1) is 0 Å². The minimum absolute atomic E-state index is 0.00601. The van der Waals surface area contributed by atoms with Crippen LogP contribution >= 0.6 is 0 Å². The zero-order valence-corrected chi connectivity index (χ0v) is 19.3. The van der Waals surface area contributed by atoms with Crippen molar-refractivity contribution in [2.45, 2.75) is 57.1 Å². The number of fused-ring (bicyclic) bond motifs is 1.